The molecular weight excluding hydrogens is 379 g/mol. The minimum Gasteiger partial charge on any atom is -0.264 e. The largest absolute Gasteiger partial charge is 0.416 e. The molecule has 2 aromatic heterocycles. The highest BCUT2D eigenvalue weighted by Gasteiger charge is 2.31. The zero-order valence-corrected chi connectivity index (χ0v) is 14.6. The summed E-state index contributed by atoms with van der Waals surface area (Å²) < 4.78 is 65.6. The van der Waals surface area contributed by atoms with Gasteiger partial charge in [-0.05, 0) is 42.0 Å². The lowest BCUT2D eigenvalue weighted by Crippen LogP contribution is -2.24. The molecule has 27 heavy (non-hydrogen) atoms. The zero-order chi connectivity index (χ0) is 19.5. The van der Waals surface area contributed by atoms with Crippen LogP contribution in [0.15, 0.2) is 72.0 Å². The molecule has 3 aromatic rings. The lowest BCUT2D eigenvalue weighted by Gasteiger charge is -2.12. The summed E-state index contributed by atoms with van der Waals surface area (Å²) in [6.45, 7) is -0.128. The summed E-state index contributed by atoms with van der Waals surface area (Å²) in [6, 6.07) is 10.4. The second-order valence-corrected chi connectivity index (χ2v) is 7.37. The van der Waals surface area contributed by atoms with Crippen LogP contribution in [0.1, 0.15) is 11.1 Å². The molecule has 1 N–H and O–H groups in total. The third-order valence-electron chi connectivity index (χ3n) is 3.75. The number of sulfonamides is 1. The quantitative estimate of drug-likeness (QED) is 0.718. The fourth-order valence-electron chi connectivity index (χ4n) is 2.44. The first-order chi connectivity index (χ1) is 12.8. The van der Waals surface area contributed by atoms with Crippen LogP contribution in [0.5, 0.6) is 0 Å². The molecule has 0 aliphatic carbocycles. The standard InChI is InChI=1S/C18H14F3N3O2S/c19-18(20,21)15-6-1-7-16(10-15)27(25,26)24-12-14-5-3-9-23-17(14)13-4-2-8-22-11-13/h1-11,24H,12H2. The maximum Gasteiger partial charge on any atom is 0.416 e. The number of benzene rings is 1. The van der Waals surface area contributed by atoms with Crippen molar-refractivity contribution in [3.8, 4) is 11.3 Å². The van der Waals surface area contributed by atoms with E-state index >= 15 is 0 Å². The van der Waals surface area contributed by atoms with E-state index in [-0.39, 0.29) is 6.54 Å². The monoisotopic (exact) mass is 393 g/mol. The van der Waals surface area contributed by atoms with E-state index in [2.05, 4.69) is 14.7 Å². The van der Waals surface area contributed by atoms with Crippen molar-refractivity contribution in [2.45, 2.75) is 17.6 Å². The Bertz CT molecular complexity index is 1040. The highest BCUT2D eigenvalue weighted by atomic mass is 32.2. The molecule has 5 nitrogen and oxygen atoms in total. The fraction of sp³-hybridized carbons (Fsp3) is 0.111. The Labute approximate surface area is 154 Å². The maximum atomic E-state index is 12.8. The van der Waals surface area contributed by atoms with E-state index in [9.17, 15) is 21.6 Å². The molecular formula is C18H14F3N3O2S. The first kappa shape index (κ1) is 19.0. The molecule has 0 aliphatic heterocycles. The van der Waals surface area contributed by atoms with E-state index in [1.54, 1.807) is 42.9 Å². The summed E-state index contributed by atoms with van der Waals surface area (Å²) in [7, 11) is -4.13. The van der Waals surface area contributed by atoms with Crippen LogP contribution in [-0.4, -0.2) is 18.4 Å². The third-order valence-corrected chi connectivity index (χ3v) is 5.15. The van der Waals surface area contributed by atoms with E-state index < -0.39 is 26.7 Å². The predicted octanol–water partition coefficient (Wildman–Crippen LogP) is 3.64. The van der Waals surface area contributed by atoms with Gasteiger partial charge >= 0.3 is 6.18 Å². The summed E-state index contributed by atoms with van der Waals surface area (Å²) in [5, 5.41) is 0. The van der Waals surface area contributed by atoms with Crippen molar-refractivity contribution in [1.82, 2.24) is 14.7 Å². The van der Waals surface area contributed by atoms with Gasteiger partial charge in [0.1, 0.15) is 0 Å². The van der Waals surface area contributed by atoms with Crippen molar-refractivity contribution in [3.05, 3.63) is 78.2 Å². The third kappa shape index (κ3) is 4.50. The van der Waals surface area contributed by atoms with Crippen LogP contribution >= 0.6 is 0 Å². The van der Waals surface area contributed by atoms with E-state index in [1.165, 1.54) is 0 Å². The molecule has 0 amide bonds. The molecule has 3 rings (SSSR count). The van der Waals surface area contributed by atoms with Gasteiger partial charge in [0, 0.05) is 30.7 Å². The number of nitrogens with one attached hydrogen (secondary N) is 1. The van der Waals surface area contributed by atoms with Gasteiger partial charge in [0.25, 0.3) is 0 Å². The number of alkyl halides is 3. The summed E-state index contributed by atoms with van der Waals surface area (Å²) in [5.41, 5.74) is 0.785. The normalized spacial score (nSPS) is 12.1. The van der Waals surface area contributed by atoms with Gasteiger partial charge in [0.05, 0.1) is 16.2 Å². The molecule has 0 fully saturated rings. The smallest absolute Gasteiger partial charge is 0.264 e. The Morgan fingerprint density at radius 2 is 1.78 bits per heavy atom. The molecule has 0 saturated carbocycles. The van der Waals surface area contributed by atoms with Crippen molar-refractivity contribution in [1.29, 1.82) is 0 Å². The Morgan fingerprint density at radius 3 is 2.48 bits per heavy atom. The van der Waals surface area contributed by atoms with Crippen LogP contribution in [0.4, 0.5) is 13.2 Å². The molecule has 140 valence electrons. The Hall–Kier alpha value is -2.78. The number of rotatable bonds is 5. The van der Waals surface area contributed by atoms with Gasteiger partial charge in [-0.15, -0.1) is 0 Å². The molecule has 1 aromatic carbocycles. The van der Waals surface area contributed by atoms with Gasteiger partial charge in [-0.25, -0.2) is 13.1 Å². The van der Waals surface area contributed by atoms with Crippen molar-refractivity contribution in [2.24, 2.45) is 0 Å². The molecule has 0 bridgehead atoms. The Kier molecular flexibility index (Phi) is 5.24. The average molecular weight is 393 g/mol. The number of aromatic nitrogens is 2. The number of pyridine rings is 2. The SMILES string of the molecule is O=S(=O)(NCc1cccnc1-c1cccnc1)c1cccc(C(F)(F)F)c1. The average Bonchev–Trinajstić information content (AvgIpc) is 2.67. The Balaban J connectivity index is 1.85. The first-order valence-electron chi connectivity index (χ1n) is 7.78. The molecule has 2 heterocycles. The van der Waals surface area contributed by atoms with E-state index in [4.69, 9.17) is 0 Å². The summed E-state index contributed by atoms with van der Waals surface area (Å²) in [6.07, 6.45) is 0.130. The van der Waals surface area contributed by atoms with E-state index in [1.807, 2.05) is 0 Å². The molecule has 0 radical (unpaired) electrons. The summed E-state index contributed by atoms with van der Waals surface area (Å²) in [5.74, 6) is 0. The van der Waals surface area contributed by atoms with Crippen molar-refractivity contribution in [2.75, 3.05) is 0 Å². The van der Waals surface area contributed by atoms with Crippen LogP contribution in [0, 0.1) is 0 Å². The second kappa shape index (κ2) is 7.45. The fourth-order valence-corrected chi connectivity index (χ4v) is 3.49. The summed E-state index contributed by atoms with van der Waals surface area (Å²) in [4.78, 5) is 7.80. The predicted molar refractivity (Wildman–Crippen MR) is 92.9 cm³/mol. The maximum absolute atomic E-state index is 12.8. The van der Waals surface area contributed by atoms with Gasteiger partial charge < -0.3 is 0 Å². The Morgan fingerprint density at radius 1 is 1.00 bits per heavy atom. The van der Waals surface area contributed by atoms with Gasteiger partial charge in [0.15, 0.2) is 0 Å². The van der Waals surface area contributed by atoms with Crippen LogP contribution in [0.25, 0.3) is 11.3 Å². The van der Waals surface area contributed by atoms with Crippen LogP contribution in [-0.2, 0) is 22.7 Å². The van der Waals surface area contributed by atoms with Gasteiger partial charge in [-0.3, -0.25) is 9.97 Å². The van der Waals surface area contributed by atoms with Crippen molar-refractivity contribution < 1.29 is 21.6 Å². The van der Waals surface area contributed by atoms with Gasteiger partial charge in [-0.1, -0.05) is 12.1 Å². The number of nitrogens with zero attached hydrogens (tertiary/aromatic N) is 2. The molecule has 0 spiro atoms. The zero-order valence-electron chi connectivity index (χ0n) is 13.8. The highest BCUT2D eigenvalue weighted by Crippen LogP contribution is 2.30. The number of hydrogen-bond acceptors (Lipinski definition) is 4. The minimum absolute atomic E-state index is 0.128. The van der Waals surface area contributed by atoms with Gasteiger partial charge in [-0.2, -0.15) is 13.2 Å². The number of halogens is 3. The van der Waals surface area contributed by atoms with Crippen LogP contribution < -0.4 is 4.72 Å². The lowest BCUT2D eigenvalue weighted by molar-refractivity contribution is -0.137. The molecule has 0 saturated heterocycles. The van der Waals surface area contributed by atoms with Crippen molar-refractivity contribution >= 4 is 10.0 Å². The molecule has 0 unspecified atom stereocenters. The van der Waals surface area contributed by atoms with Crippen LogP contribution in [0.2, 0.25) is 0 Å². The lowest BCUT2D eigenvalue weighted by atomic mass is 10.1. The second-order valence-electron chi connectivity index (χ2n) is 5.60. The molecule has 0 aliphatic rings. The van der Waals surface area contributed by atoms with E-state index in [0.717, 1.165) is 18.2 Å². The minimum atomic E-state index is -4.62. The summed E-state index contributed by atoms with van der Waals surface area (Å²) >= 11 is 0. The van der Waals surface area contributed by atoms with Gasteiger partial charge in [0.2, 0.25) is 10.0 Å². The first-order valence-corrected chi connectivity index (χ1v) is 9.27. The molecule has 9 heteroatoms. The van der Waals surface area contributed by atoms with E-state index in [0.29, 0.717) is 22.9 Å². The number of hydrogen-bond donors (Lipinski definition) is 1. The molecule has 0 atom stereocenters. The van der Waals surface area contributed by atoms with Crippen LogP contribution in [0.3, 0.4) is 0 Å². The highest BCUT2D eigenvalue weighted by molar-refractivity contribution is 7.89. The topological polar surface area (TPSA) is 72.0 Å². The van der Waals surface area contributed by atoms with Crippen molar-refractivity contribution in [3.63, 3.8) is 0 Å².